The number of hydrogen-bond donors (Lipinski definition) is 3. The van der Waals surface area contributed by atoms with Gasteiger partial charge in [0.1, 0.15) is 5.75 Å². The van der Waals surface area contributed by atoms with Gasteiger partial charge in [-0.2, -0.15) is 0 Å². The molecule has 10 nitrogen and oxygen atoms in total. The van der Waals surface area contributed by atoms with Crippen LogP contribution in [0.1, 0.15) is 44.6 Å². The number of nitrogens with zero attached hydrogens (tertiary/aromatic N) is 2. The van der Waals surface area contributed by atoms with Crippen molar-refractivity contribution in [1.29, 1.82) is 0 Å². The molecule has 1 spiro atoms. The van der Waals surface area contributed by atoms with Crippen LogP contribution in [0.3, 0.4) is 0 Å². The Morgan fingerprint density at radius 2 is 1.82 bits per heavy atom. The molecule has 3 aromatic rings. The van der Waals surface area contributed by atoms with Crippen LogP contribution in [0.4, 0.5) is 17.1 Å². The number of methoxy groups -OCH3 is 1. The third-order valence-corrected chi connectivity index (χ3v) is 16.3. The Morgan fingerprint density at radius 3 is 2.51 bits per heavy atom. The Labute approximate surface area is 301 Å². The molecule has 11 heteroatoms. The van der Waals surface area contributed by atoms with Gasteiger partial charge >= 0.3 is 0 Å². The van der Waals surface area contributed by atoms with Crippen molar-refractivity contribution in [2.24, 2.45) is 11.8 Å². The first-order valence-electron chi connectivity index (χ1n) is 18.4. The van der Waals surface area contributed by atoms with E-state index in [0.29, 0.717) is 30.0 Å². The van der Waals surface area contributed by atoms with Crippen LogP contribution in [-0.2, 0) is 24.7 Å². The van der Waals surface area contributed by atoms with Gasteiger partial charge in [0, 0.05) is 35.9 Å². The lowest BCUT2D eigenvalue weighted by Gasteiger charge is -2.37. The summed E-state index contributed by atoms with van der Waals surface area (Å²) in [6, 6.07) is 23.3. The van der Waals surface area contributed by atoms with E-state index in [-0.39, 0.29) is 54.2 Å². The van der Waals surface area contributed by atoms with E-state index in [1.54, 1.807) is 16.9 Å². The van der Waals surface area contributed by atoms with Crippen molar-refractivity contribution in [2.75, 3.05) is 43.6 Å². The number of rotatable bonds is 9. The molecule has 0 radical (unpaired) electrons. The van der Waals surface area contributed by atoms with Crippen LogP contribution >= 0.6 is 0 Å². The van der Waals surface area contributed by atoms with E-state index in [9.17, 15) is 14.7 Å². The van der Waals surface area contributed by atoms with Crippen LogP contribution in [-0.4, -0.2) is 81.3 Å². The predicted octanol–water partition coefficient (Wildman–Crippen LogP) is 4.90. The van der Waals surface area contributed by atoms with Gasteiger partial charge in [0.05, 0.1) is 52.0 Å². The number of piperidine rings is 1. The minimum absolute atomic E-state index is 0.0423. The van der Waals surface area contributed by atoms with E-state index in [2.05, 4.69) is 42.8 Å². The lowest BCUT2D eigenvalue weighted by Crippen LogP contribution is -2.52. The molecule has 3 N–H and O–H groups in total. The van der Waals surface area contributed by atoms with E-state index in [4.69, 9.17) is 9.47 Å². The van der Waals surface area contributed by atoms with Gasteiger partial charge in [-0.25, -0.2) is 0 Å². The fourth-order valence-electron chi connectivity index (χ4n) is 9.31. The van der Waals surface area contributed by atoms with E-state index in [0.717, 1.165) is 43.7 Å². The average molecular weight is 711 g/mol. The number of aliphatic hydroxyl groups is 1. The molecular weight excluding hydrogens is 661 g/mol. The third-order valence-electron chi connectivity index (χ3n) is 12.0. The quantitative estimate of drug-likeness (QED) is 0.271. The number of hydrogen-bond acceptors (Lipinski definition) is 7. The highest BCUT2D eigenvalue weighted by Crippen LogP contribution is 2.61. The van der Waals surface area contributed by atoms with Crippen LogP contribution in [0.15, 0.2) is 72.8 Å². The minimum Gasteiger partial charge on any atom is -0.497 e. The highest BCUT2D eigenvalue weighted by molar-refractivity contribution is 6.91. The molecule has 4 aliphatic heterocycles. The van der Waals surface area contributed by atoms with Gasteiger partial charge in [-0.3, -0.25) is 19.3 Å². The van der Waals surface area contributed by atoms with Crippen molar-refractivity contribution in [3.8, 4) is 5.75 Å². The summed E-state index contributed by atoms with van der Waals surface area (Å²) in [7, 11) is -0.845. The normalized spacial score (nSPS) is 27.5. The molecule has 4 heterocycles. The van der Waals surface area contributed by atoms with Crippen LogP contribution in [0.25, 0.3) is 0 Å². The predicted molar refractivity (Wildman–Crippen MR) is 200 cm³/mol. The van der Waals surface area contributed by atoms with E-state index < -0.39 is 19.8 Å². The van der Waals surface area contributed by atoms with Crippen molar-refractivity contribution in [1.82, 2.24) is 10.2 Å². The van der Waals surface area contributed by atoms with Gasteiger partial charge in [-0.15, -0.1) is 0 Å². The first kappa shape index (κ1) is 35.4. The maximum atomic E-state index is 15.2. The van der Waals surface area contributed by atoms with Crippen molar-refractivity contribution in [2.45, 2.75) is 75.4 Å². The molecule has 270 valence electrons. The van der Waals surface area contributed by atoms with E-state index in [1.165, 1.54) is 5.19 Å². The highest BCUT2D eigenvalue weighted by atomic mass is 28.3. The first-order valence-corrected chi connectivity index (χ1v) is 21.5. The summed E-state index contributed by atoms with van der Waals surface area (Å²) in [6.07, 6.45) is 2.94. The topological polar surface area (TPSA) is 120 Å². The van der Waals surface area contributed by atoms with E-state index >= 15 is 4.79 Å². The molecule has 1 unspecified atom stereocenters. The number of carbonyl (C=O) groups is 3. The van der Waals surface area contributed by atoms with Gasteiger partial charge in [-0.05, 0) is 80.2 Å². The Hall–Kier alpha value is -4.03. The number of fused-ring (bicyclic) bond motifs is 2. The molecule has 0 bridgehead atoms. The summed E-state index contributed by atoms with van der Waals surface area (Å²) in [5, 5.41) is 17.7. The lowest BCUT2D eigenvalue weighted by atomic mass is 9.82. The monoisotopic (exact) mass is 710 g/mol. The molecule has 0 aliphatic carbocycles. The van der Waals surface area contributed by atoms with Gasteiger partial charge in [0.15, 0.2) is 5.60 Å². The molecule has 51 heavy (non-hydrogen) atoms. The number of benzene rings is 3. The second-order valence-electron chi connectivity index (χ2n) is 15.2. The summed E-state index contributed by atoms with van der Waals surface area (Å²) < 4.78 is 12.7. The first-order chi connectivity index (χ1) is 24.6. The second kappa shape index (κ2) is 14.2. The smallest absolute Gasteiger partial charge is 0.268 e. The van der Waals surface area contributed by atoms with Crippen molar-refractivity contribution >= 4 is 48.0 Å². The minimum atomic E-state index is -2.50. The number of ether oxygens (including phenoxy) is 2. The lowest BCUT2D eigenvalue weighted by molar-refractivity contribution is -0.149. The molecule has 6 atom stereocenters. The van der Waals surface area contributed by atoms with Crippen LogP contribution in [0.5, 0.6) is 5.75 Å². The zero-order valence-corrected chi connectivity index (χ0v) is 31.1. The average Bonchev–Trinajstić information content (AvgIpc) is 3.82. The summed E-state index contributed by atoms with van der Waals surface area (Å²) >= 11 is 0. The number of para-hydroxylation sites is 1. The summed E-state index contributed by atoms with van der Waals surface area (Å²) in [5.74, 6) is 0.0279. The number of nitrogens with one attached hydrogen (secondary N) is 2. The molecule has 0 saturated carbocycles. The standard InChI is InChI=1S/C40H50N4O6Si/c1-26-37(51(3,4)32-17-15-31(49-2)16-18-32)35(23-36(46)43-21-9-13-30(43)25-45)50-40(26)33-22-28(42-38(47)27-10-8-20-41-24-27)14-19-34(33)44(39(40)48)29-11-6-5-7-12-29/h5-7,11-12,14-19,22,26-27,30,35,37,41,45H,8-10,13,20-21,23-25H2,1-4H3,(H,42,47)/t26-,27?,30-,35+,37-,40+/m0/s1. The maximum Gasteiger partial charge on any atom is 0.268 e. The zero-order valence-electron chi connectivity index (χ0n) is 30.1. The van der Waals surface area contributed by atoms with Crippen LogP contribution in [0, 0.1) is 11.8 Å². The number of anilines is 3. The summed E-state index contributed by atoms with van der Waals surface area (Å²) in [6.45, 7) is 8.78. The largest absolute Gasteiger partial charge is 0.497 e. The number of likely N-dealkylation sites (tertiary alicyclic amines) is 1. The summed E-state index contributed by atoms with van der Waals surface area (Å²) in [5.41, 5.74) is 1.23. The Balaban J connectivity index is 1.33. The molecule has 0 aromatic heterocycles. The van der Waals surface area contributed by atoms with Gasteiger partial charge in [-0.1, -0.05) is 55.5 Å². The molecule has 3 amide bonds. The van der Waals surface area contributed by atoms with Gasteiger partial charge in [0.25, 0.3) is 5.91 Å². The van der Waals surface area contributed by atoms with Crippen LogP contribution < -0.4 is 25.5 Å². The molecule has 3 saturated heterocycles. The molecule has 3 aromatic carbocycles. The van der Waals surface area contributed by atoms with Crippen molar-refractivity contribution in [3.05, 3.63) is 78.4 Å². The van der Waals surface area contributed by atoms with Gasteiger partial charge in [0.2, 0.25) is 11.8 Å². The zero-order chi connectivity index (χ0) is 35.9. The summed E-state index contributed by atoms with van der Waals surface area (Å²) in [4.78, 5) is 46.3. The number of carbonyl (C=O) groups excluding carboxylic acids is 3. The second-order valence-corrected chi connectivity index (χ2v) is 19.9. The fourth-order valence-corrected chi connectivity index (χ4v) is 13.3. The fraction of sp³-hybridized carbons (Fsp3) is 0.475. The SMILES string of the molecule is COc1ccc([Si](C)(C)[C@@H]2[C@@H](CC(=O)N3CCC[C@H]3CO)O[C@]3(C(=O)N(c4ccccc4)c4ccc(NC(=O)C5CCCNC5)cc43)[C@H]2C)cc1. The Bertz CT molecular complexity index is 1760. The molecule has 7 rings (SSSR count). The molecular formula is C40H50N4O6Si. The number of amides is 3. The highest BCUT2D eigenvalue weighted by Gasteiger charge is 2.67. The van der Waals surface area contributed by atoms with Crippen LogP contribution in [0.2, 0.25) is 18.6 Å². The van der Waals surface area contributed by atoms with E-state index in [1.807, 2.05) is 60.7 Å². The third kappa shape index (κ3) is 6.17. The Kier molecular flexibility index (Phi) is 9.83. The molecule has 4 aliphatic rings. The van der Waals surface area contributed by atoms with Crippen molar-refractivity contribution in [3.63, 3.8) is 0 Å². The maximum absolute atomic E-state index is 15.2. The Morgan fingerprint density at radius 1 is 1.06 bits per heavy atom. The van der Waals surface area contributed by atoms with Gasteiger partial charge < -0.3 is 30.1 Å². The van der Waals surface area contributed by atoms with Crippen molar-refractivity contribution < 1.29 is 29.0 Å². The number of aliphatic hydroxyl groups excluding tert-OH is 1. The molecule has 3 fully saturated rings.